The van der Waals surface area contributed by atoms with E-state index in [1.807, 2.05) is 20.8 Å². The van der Waals surface area contributed by atoms with Crippen molar-refractivity contribution >= 4 is 11.6 Å². The zero-order chi connectivity index (χ0) is 14.0. The minimum atomic E-state index is -0.178. The fraction of sp³-hybridized carbons (Fsp3) is 0.692. The Bertz CT molecular complexity index is 439. The molecule has 106 valence electrons. The SMILES string of the molecule is CC1CN(c2cc(N)nc(C(C)C)n2)CC(CO)O1. The average molecular weight is 266 g/mol. The second-order valence-electron chi connectivity index (χ2n) is 5.32. The second-order valence-corrected chi connectivity index (χ2v) is 5.32. The standard InChI is InChI=1S/C13H22N4O2/c1-8(2)13-15-11(14)4-12(16-13)17-5-9(3)19-10(6-17)7-18/h4,8-10,18H,5-7H2,1-3H3,(H2,14,15,16). The summed E-state index contributed by atoms with van der Waals surface area (Å²) in [6.07, 6.45) is -0.118. The summed E-state index contributed by atoms with van der Waals surface area (Å²) in [5.74, 6) is 2.27. The normalized spacial score (nSPS) is 23.9. The number of nitrogen functional groups attached to an aromatic ring is 1. The molecule has 6 nitrogen and oxygen atoms in total. The van der Waals surface area contributed by atoms with Gasteiger partial charge in [0.2, 0.25) is 0 Å². The van der Waals surface area contributed by atoms with Crippen LogP contribution in [0.4, 0.5) is 11.6 Å². The first kappa shape index (κ1) is 14.0. The van der Waals surface area contributed by atoms with Gasteiger partial charge in [0.1, 0.15) is 17.5 Å². The first-order valence-electron chi connectivity index (χ1n) is 6.65. The third kappa shape index (κ3) is 3.33. The van der Waals surface area contributed by atoms with E-state index in [9.17, 15) is 5.11 Å². The molecule has 0 spiro atoms. The lowest BCUT2D eigenvalue weighted by Gasteiger charge is -2.37. The van der Waals surface area contributed by atoms with Crippen LogP contribution in [0.5, 0.6) is 0 Å². The van der Waals surface area contributed by atoms with E-state index >= 15 is 0 Å². The van der Waals surface area contributed by atoms with E-state index in [0.29, 0.717) is 12.4 Å². The molecular weight excluding hydrogens is 244 g/mol. The molecule has 1 aromatic heterocycles. The maximum atomic E-state index is 9.26. The summed E-state index contributed by atoms with van der Waals surface area (Å²) in [6.45, 7) is 7.44. The Morgan fingerprint density at radius 1 is 1.47 bits per heavy atom. The molecule has 6 heteroatoms. The maximum Gasteiger partial charge on any atom is 0.135 e. The number of hydrogen-bond donors (Lipinski definition) is 2. The van der Waals surface area contributed by atoms with Crippen molar-refractivity contribution in [1.82, 2.24) is 9.97 Å². The van der Waals surface area contributed by atoms with Gasteiger partial charge >= 0.3 is 0 Å². The summed E-state index contributed by atoms with van der Waals surface area (Å²) in [6, 6.07) is 1.78. The van der Waals surface area contributed by atoms with Crippen molar-refractivity contribution < 1.29 is 9.84 Å². The van der Waals surface area contributed by atoms with Crippen molar-refractivity contribution in [2.75, 3.05) is 30.3 Å². The number of morpholine rings is 1. The molecule has 0 bridgehead atoms. The number of aliphatic hydroxyl groups is 1. The van der Waals surface area contributed by atoms with Gasteiger partial charge in [-0.3, -0.25) is 0 Å². The Kier molecular flexibility index (Phi) is 4.21. The van der Waals surface area contributed by atoms with Crippen molar-refractivity contribution in [2.45, 2.75) is 38.9 Å². The van der Waals surface area contributed by atoms with Crippen LogP contribution >= 0.6 is 0 Å². The van der Waals surface area contributed by atoms with Crippen LogP contribution < -0.4 is 10.6 Å². The van der Waals surface area contributed by atoms with Crippen LogP contribution in [0.2, 0.25) is 0 Å². The molecule has 19 heavy (non-hydrogen) atoms. The predicted octanol–water partition coefficient (Wildman–Crippen LogP) is 0.768. The Hall–Kier alpha value is -1.40. The highest BCUT2D eigenvalue weighted by molar-refractivity contribution is 5.47. The molecule has 0 saturated carbocycles. The second kappa shape index (κ2) is 5.71. The van der Waals surface area contributed by atoms with Crippen molar-refractivity contribution in [3.8, 4) is 0 Å². The number of nitrogens with zero attached hydrogens (tertiary/aromatic N) is 3. The van der Waals surface area contributed by atoms with Crippen LogP contribution in [0, 0.1) is 0 Å². The third-order valence-corrected chi connectivity index (χ3v) is 3.12. The summed E-state index contributed by atoms with van der Waals surface area (Å²) in [5.41, 5.74) is 5.85. The van der Waals surface area contributed by atoms with Crippen molar-refractivity contribution in [2.24, 2.45) is 0 Å². The highest BCUT2D eigenvalue weighted by Crippen LogP contribution is 2.22. The lowest BCUT2D eigenvalue weighted by atomic mass is 10.2. The van der Waals surface area contributed by atoms with Gasteiger partial charge in [-0.2, -0.15) is 0 Å². The van der Waals surface area contributed by atoms with Crippen LogP contribution in [0.15, 0.2) is 6.07 Å². The van der Waals surface area contributed by atoms with Gasteiger partial charge in [-0.15, -0.1) is 0 Å². The van der Waals surface area contributed by atoms with E-state index in [2.05, 4.69) is 14.9 Å². The maximum absolute atomic E-state index is 9.26. The lowest BCUT2D eigenvalue weighted by Crippen LogP contribution is -2.48. The van der Waals surface area contributed by atoms with Gasteiger partial charge in [-0.1, -0.05) is 13.8 Å². The van der Waals surface area contributed by atoms with Gasteiger partial charge < -0.3 is 20.5 Å². The molecule has 1 fully saturated rings. The highest BCUT2D eigenvalue weighted by Gasteiger charge is 2.26. The molecule has 0 radical (unpaired) electrons. The number of aliphatic hydroxyl groups excluding tert-OH is 1. The van der Waals surface area contributed by atoms with Crippen molar-refractivity contribution in [3.63, 3.8) is 0 Å². The van der Waals surface area contributed by atoms with Crippen LogP contribution in [-0.2, 0) is 4.74 Å². The average Bonchev–Trinajstić information content (AvgIpc) is 2.37. The van der Waals surface area contributed by atoms with E-state index in [0.717, 1.165) is 18.2 Å². The summed E-state index contributed by atoms with van der Waals surface area (Å²) >= 11 is 0. The van der Waals surface area contributed by atoms with Crippen molar-refractivity contribution in [1.29, 1.82) is 0 Å². The minimum absolute atomic E-state index is 0.0123. The minimum Gasteiger partial charge on any atom is -0.394 e. The van der Waals surface area contributed by atoms with E-state index in [1.54, 1.807) is 6.07 Å². The molecule has 3 N–H and O–H groups in total. The van der Waals surface area contributed by atoms with Gasteiger partial charge in [0, 0.05) is 25.1 Å². The number of hydrogen-bond acceptors (Lipinski definition) is 6. The van der Waals surface area contributed by atoms with Gasteiger partial charge in [0.15, 0.2) is 0 Å². The molecule has 2 unspecified atom stereocenters. The summed E-state index contributed by atoms with van der Waals surface area (Å²) in [5, 5.41) is 9.26. The number of rotatable bonds is 3. The predicted molar refractivity (Wildman–Crippen MR) is 74.2 cm³/mol. The number of anilines is 2. The topological polar surface area (TPSA) is 84.5 Å². The molecule has 2 atom stereocenters. The van der Waals surface area contributed by atoms with Gasteiger partial charge in [0.25, 0.3) is 0 Å². The largest absolute Gasteiger partial charge is 0.394 e. The number of ether oxygens (including phenoxy) is 1. The Labute approximate surface area is 113 Å². The number of aromatic nitrogens is 2. The first-order chi connectivity index (χ1) is 8.99. The fourth-order valence-electron chi connectivity index (χ4n) is 2.22. The molecule has 2 rings (SSSR count). The smallest absolute Gasteiger partial charge is 0.135 e. The zero-order valence-corrected chi connectivity index (χ0v) is 11.7. The van der Waals surface area contributed by atoms with Gasteiger partial charge in [-0.25, -0.2) is 9.97 Å². The van der Waals surface area contributed by atoms with Crippen LogP contribution in [-0.4, -0.2) is 47.0 Å². The van der Waals surface area contributed by atoms with Gasteiger partial charge in [-0.05, 0) is 6.92 Å². The van der Waals surface area contributed by atoms with Crippen molar-refractivity contribution in [3.05, 3.63) is 11.9 Å². The summed E-state index contributed by atoms with van der Waals surface area (Å²) in [7, 11) is 0. The highest BCUT2D eigenvalue weighted by atomic mass is 16.5. The molecule has 1 aliphatic rings. The van der Waals surface area contributed by atoms with E-state index < -0.39 is 0 Å². The molecule has 1 aliphatic heterocycles. The van der Waals surface area contributed by atoms with Crippen LogP contribution in [0.3, 0.4) is 0 Å². The molecule has 1 saturated heterocycles. The molecular formula is C13H22N4O2. The molecule has 1 aromatic rings. The first-order valence-corrected chi connectivity index (χ1v) is 6.65. The Balaban J connectivity index is 2.25. The third-order valence-electron chi connectivity index (χ3n) is 3.12. The fourth-order valence-corrected chi connectivity index (χ4v) is 2.22. The zero-order valence-electron chi connectivity index (χ0n) is 11.7. The molecule has 2 heterocycles. The van der Waals surface area contributed by atoms with Gasteiger partial charge in [0.05, 0.1) is 18.8 Å². The van der Waals surface area contributed by atoms with E-state index in [-0.39, 0.29) is 24.7 Å². The lowest BCUT2D eigenvalue weighted by molar-refractivity contribution is -0.0423. The van der Waals surface area contributed by atoms with E-state index in [4.69, 9.17) is 10.5 Å². The Morgan fingerprint density at radius 3 is 2.84 bits per heavy atom. The summed E-state index contributed by atoms with van der Waals surface area (Å²) in [4.78, 5) is 10.9. The summed E-state index contributed by atoms with van der Waals surface area (Å²) < 4.78 is 5.63. The Morgan fingerprint density at radius 2 is 2.21 bits per heavy atom. The molecule has 0 aliphatic carbocycles. The molecule has 0 aromatic carbocycles. The van der Waals surface area contributed by atoms with Crippen LogP contribution in [0.1, 0.15) is 32.5 Å². The number of nitrogens with two attached hydrogens (primary N) is 1. The molecule has 0 amide bonds. The van der Waals surface area contributed by atoms with Crippen LogP contribution in [0.25, 0.3) is 0 Å². The monoisotopic (exact) mass is 266 g/mol. The van der Waals surface area contributed by atoms with E-state index in [1.165, 1.54) is 0 Å². The quantitative estimate of drug-likeness (QED) is 0.840.